The van der Waals surface area contributed by atoms with Crippen molar-refractivity contribution in [1.29, 1.82) is 0 Å². The Bertz CT molecular complexity index is 327. The molecule has 0 radical (unpaired) electrons. The normalized spacial score (nSPS) is 15.9. The fraction of sp³-hybridized carbons (Fsp3) is 0.600. The van der Waals surface area contributed by atoms with Crippen LogP contribution in [0.15, 0.2) is 30.3 Å². The van der Waals surface area contributed by atoms with Crippen LogP contribution in [0, 0.1) is 5.41 Å². The van der Waals surface area contributed by atoms with Gasteiger partial charge >= 0.3 is 0 Å². The summed E-state index contributed by atoms with van der Waals surface area (Å²) in [5.74, 6) is 0.457. The Morgan fingerprint density at radius 1 is 1.06 bits per heavy atom. The van der Waals surface area contributed by atoms with E-state index in [-0.39, 0.29) is 5.41 Å². The molecule has 2 heteroatoms. The van der Waals surface area contributed by atoms with E-state index in [1.165, 1.54) is 5.56 Å². The molecule has 0 aromatic heterocycles. The summed E-state index contributed by atoms with van der Waals surface area (Å²) in [7, 11) is -0.980. The molecule has 0 saturated carbocycles. The Hall–Kier alpha value is -0.603. The van der Waals surface area contributed by atoms with Gasteiger partial charge in [-0.2, -0.15) is 0 Å². The van der Waals surface area contributed by atoms with Gasteiger partial charge < -0.3 is 4.43 Å². The van der Waals surface area contributed by atoms with Gasteiger partial charge in [-0.1, -0.05) is 51.1 Å². The van der Waals surface area contributed by atoms with Crippen molar-refractivity contribution >= 4 is 9.04 Å². The third kappa shape index (κ3) is 4.28. The molecule has 0 heterocycles. The Labute approximate surface area is 108 Å². The Morgan fingerprint density at radius 2 is 1.59 bits per heavy atom. The largest absolute Gasteiger partial charge is 0.417 e. The van der Waals surface area contributed by atoms with E-state index < -0.39 is 9.04 Å². The van der Waals surface area contributed by atoms with Crippen molar-refractivity contribution in [3.8, 4) is 0 Å². The topological polar surface area (TPSA) is 9.23 Å². The minimum absolute atomic E-state index is 0.226. The quantitative estimate of drug-likeness (QED) is 0.728. The lowest BCUT2D eigenvalue weighted by Crippen LogP contribution is -2.32. The van der Waals surface area contributed by atoms with Gasteiger partial charge in [0.15, 0.2) is 9.04 Å². The van der Waals surface area contributed by atoms with Gasteiger partial charge in [-0.3, -0.25) is 0 Å². The Balaban J connectivity index is 2.97. The molecule has 1 aromatic carbocycles. The van der Waals surface area contributed by atoms with Gasteiger partial charge in [0.2, 0.25) is 0 Å². The average Bonchev–Trinajstić information content (AvgIpc) is 2.15. The molecule has 1 aromatic rings. The second kappa shape index (κ2) is 5.83. The summed E-state index contributed by atoms with van der Waals surface area (Å²) in [4.78, 5) is 0. The molecule has 96 valence electrons. The third-order valence-electron chi connectivity index (χ3n) is 3.05. The van der Waals surface area contributed by atoms with E-state index in [4.69, 9.17) is 4.43 Å². The average molecular weight is 250 g/mol. The second-order valence-corrected chi connectivity index (χ2v) is 8.51. The van der Waals surface area contributed by atoms with E-state index in [1.807, 2.05) is 0 Å². The standard InChI is InChI=1S/C15H26OSi/c1-12(16-17(5)6)14(15(2,3)4)13-10-8-7-9-11-13/h7-12,14,17H,1-6H3. The van der Waals surface area contributed by atoms with Crippen LogP contribution in [-0.4, -0.2) is 15.1 Å². The van der Waals surface area contributed by atoms with Crippen LogP contribution in [0.25, 0.3) is 0 Å². The SMILES string of the molecule is CC(O[SiH](C)C)C(c1ccccc1)C(C)(C)C. The smallest absolute Gasteiger partial charge is 0.171 e. The fourth-order valence-corrected chi connectivity index (χ4v) is 3.66. The number of hydrogen-bond donors (Lipinski definition) is 0. The summed E-state index contributed by atoms with van der Waals surface area (Å²) in [5.41, 5.74) is 1.62. The van der Waals surface area contributed by atoms with E-state index in [0.717, 1.165) is 0 Å². The first-order chi connectivity index (χ1) is 7.82. The van der Waals surface area contributed by atoms with Crippen molar-refractivity contribution in [2.75, 3.05) is 0 Å². The van der Waals surface area contributed by atoms with E-state index in [0.29, 0.717) is 12.0 Å². The maximum atomic E-state index is 6.13. The number of rotatable bonds is 4. The Morgan fingerprint density at radius 3 is 2.00 bits per heavy atom. The molecule has 0 aliphatic carbocycles. The monoisotopic (exact) mass is 250 g/mol. The van der Waals surface area contributed by atoms with Crippen molar-refractivity contribution < 1.29 is 4.43 Å². The van der Waals surface area contributed by atoms with E-state index in [1.54, 1.807) is 0 Å². The van der Waals surface area contributed by atoms with Crippen molar-refractivity contribution in [3.63, 3.8) is 0 Å². The summed E-state index contributed by atoms with van der Waals surface area (Å²) < 4.78 is 6.13. The minimum atomic E-state index is -0.980. The van der Waals surface area contributed by atoms with Crippen LogP contribution in [0.5, 0.6) is 0 Å². The van der Waals surface area contributed by atoms with Crippen LogP contribution in [0.2, 0.25) is 13.1 Å². The molecule has 0 N–H and O–H groups in total. The van der Waals surface area contributed by atoms with Crippen LogP contribution in [0.1, 0.15) is 39.2 Å². The van der Waals surface area contributed by atoms with Crippen LogP contribution in [0.4, 0.5) is 0 Å². The number of hydrogen-bond acceptors (Lipinski definition) is 1. The van der Waals surface area contributed by atoms with Gasteiger partial charge in [-0.05, 0) is 31.0 Å². The summed E-state index contributed by atoms with van der Waals surface area (Å²) in [6.45, 7) is 13.6. The molecule has 0 aliphatic heterocycles. The lowest BCUT2D eigenvalue weighted by Gasteiger charge is -2.36. The van der Waals surface area contributed by atoms with Crippen molar-refractivity contribution in [1.82, 2.24) is 0 Å². The molecule has 2 unspecified atom stereocenters. The van der Waals surface area contributed by atoms with Crippen LogP contribution >= 0.6 is 0 Å². The van der Waals surface area contributed by atoms with Gasteiger partial charge in [0.25, 0.3) is 0 Å². The van der Waals surface area contributed by atoms with Gasteiger partial charge in [-0.15, -0.1) is 0 Å². The minimum Gasteiger partial charge on any atom is -0.417 e. The fourth-order valence-electron chi connectivity index (χ4n) is 2.64. The maximum Gasteiger partial charge on any atom is 0.171 e. The predicted octanol–water partition coefficient (Wildman–Crippen LogP) is 4.20. The molecule has 0 amide bonds. The highest BCUT2D eigenvalue weighted by Gasteiger charge is 2.31. The first kappa shape index (κ1) is 14.5. The van der Waals surface area contributed by atoms with Gasteiger partial charge in [-0.25, -0.2) is 0 Å². The highest BCUT2D eigenvalue weighted by Crippen LogP contribution is 2.38. The molecular weight excluding hydrogens is 224 g/mol. The Kier molecular flexibility index (Phi) is 4.96. The first-order valence-corrected chi connectivity index (χ1v) is 9.31. The zero-order chi connectivity index (χ0) is 13.1. The van der Waals surface area contributed by atoms with Crippen molar-refractivity contribution in [3.05, 3.63) is 35.9 Å². The number of benzene rings is 1. The molecule has 0 spiro atoms. The van der Waals surface area contributed by atoms with Crippen LogP contribution < -0.4 is 0 Å². The van der Waals surface area contributed by atoms with E-state index in [9.17, 15) is 0 Å². The molecular formula is C15H26OSi. The molecule has 0 saturated heterocycles. The van der Waals surface area contributed by atoms with Gasteiger partial charge in [0.1, 0.15) is 0 Å². The molecule has 0 fully saturated rings. The van der Waals surface area contributed by atoms with Crippen molar-refractivity contribution in [2.45, 2.75) is 52.8 Å². The lowest BCUT2D eigenvalue weighted by molar-refractivity contribution is 0.126. The maximum absolute atomic E-state index is 6.13. The highest BCUT2D eigenvalue weighted by atomic mass is 28.3. The van der Waals surface area contributed by atoms with E-state index in [2.05, 4.69) is 71.1 Å². The van der Waals surface area contributed by atoms with Gasteiger partial charge in [0, 0.05) is 12.0 Å². The second-order valence-electron chi connectivity index (χ2n) is 6.14. The van der Waals surface area contributed by atoms with Gasteiger partial charge in [0.05, 0.1) is 0 Å². The molecule has 1 rings (SSSR count). The third-order valence-corrected chi connectivity index (χ3v) is 4.02. The summed E-state index contributed by atoms with van der Waals surface area (Å²) in [6.07, 6.45) is 0.295. The molecule has 1 nitrogen and oxygen atoms in total. The predicted molar refractivity (Wildman–Crippen MR) is 78.1 cm³/mol. The summed E-state index contributed by atoms with van der Waals surface area (Å²) >= 11 is 0. The lowest BCUT2D eigenvalue weighted by atomic mass is 9.74. The molecule has 0 bridgehead atoms. The van der Waals surface area contributed by atoms with Crippen molar-refractivity contribution in [2.24, 2.45) is 5.41 Å². The summed E-state index contributed by atoms with van der Waals surface area (Å²) in [6, 6.07) is 10.8. The zero-order valence-corrected chi connectivity index (χ0v) is 13.2. The summed E-state index contributed by atoms with van der Waals surface area (Å²) in [5, 5.41) is 0. The highest BCUT2D eigenvalue weighted by molar-refractivity contribution is 6.48. The molecule has 2 atom stereocenters. The van der Waals surface area contributed by atoms with Crippen LogP contribution in [0.3, 0.4) is 0 Å². The first-order valence-electron chi connectivity index (χ1n) is 6.52. The van der Waals surface area contributed by atoms with Crippen LogP contribution in [-0.2, 0) is 4.43 Å². The molecule has 0 aliphatic rings. The zero-order valence-electron chi connectivity index (χ0n) is 12.0. The molecule has 17 heavy (non-hydrogen) atoms. The van der Waals surface area contributed by atoms with E-state index >= 15 is 0 Å².